The van der Waals surface area contributed by atoms with Crippen LogP contribution < -0.4 is 16.4 Å². The van der Waals surface area contributed by atoms with E-state index in [-0.39, 0.29) is 22.9 Å². The number of thiophene rings is 1. The van der Waals surface area contributed by atoms with Crippen molar-refractivity contribution < 1.29 is 9.59 Å². The number of fused-ring (bicyclic) bond motifs is 1. The molecule has 1 saturated carbocycles. The fourth-order valence-corrected chi connectivity index (χ4v) is 4.72. The van der Waals surface area contributed by atoms with Crippen LogP contribution in [0.15, 0.2) is 0 Å². The number of nitrogens with two attached hydrogens (primary N) is 1. The Hall–Kier alpha value is -1.40. The molecule has 0 unspecified atom stereocenters. The third-order valence-corrected chi connectivity index (χ3v) is 5.75. The molecule has 0 atom stereocenters. The Balaban J connectivity index is 2.07. The molecule has 2 heterocycles. The van der Waals surface area contributed by atoms with Gasteiger partial charge in [0.2, 0.25) is 5.91 Å². The van der Waals surface area contributed by atoms with Gasteiger partial charge in [-0.1, -0.05) is 0 Å². The third-order valence-electron chi connectivity index (χ3n) is 4.28. The normalized spacial score (nSPS) is 22.0. The average Bonchev–Trinajstić information content (AvgIpc) is 3.10. The highest BCUT2D eigenvalue weighted by Gasteiger charge is 2.42. The van der Waals surface area contributed by atoms with Crippen LogP contribution in [0.3, 0.4) is 0 Å². The van der Waals surface area contributed by atoms with E-state index >= 15 is 0 Å². The Morgan fingerprint density at radius 2 is 1.91 bits per heavy atom. The molecule has 6 heteroatoms. The summed E-state index contributed by atoms with van der Waals surface area (Å²) in [4.78, 5) is 25.2. The number of primary amides is 1. The molecule has 0 saturated heterocycles. The summed E-state index contributed by atoms with van der Waals surface area (Å²) in [7, 11) is 0. The molecule has 2 aliphatic rings. The molecule has 1 aliphatic carbocycles. The third kappa shape index (κ3) is 2.65. The highest BCUT2D eigenvalue weighted by molar-refractivity contribution is 7.17. The van der Waals surface area contributed by atoms with Crippen molar-refractivity contribution in [2.24, 2.45) is 11.7 Å². The molecule has 0 spiro atoms. The van der Waals surface area contributed by atoms with Crippen LogP contribution in [0.2, 0.25) is 0 Å². The first-order valence-electron chi connectivity index (χ1n) is 7.67. The van der Waals surface area contributed by atoms with E-state index in [1.165, 1.54) is 11.3 Å². The number of nitrogens with one attached hydrogen (secondary N) is 2. The Labute approximate surface area is 134 Å². The van der Waals surface area contributed by atoms with Crippen LogP contribution in [0.4, 0.5) is 5.00 Å². The maximum Gasteiger partial charge on any atom is 0.251 e. The van der Waals surface area contributed by atoms with Gasteiger partial charge in [0.05, 0.1) is 5.56 Å². The molecular weight excluding hydrogens is 298 g/mol. The van der Waals surface area contributed by atoms with Gasteiger partial charge in [-0.3, -0.25) is 9.59 Å². The minimum Gasteiger partial charge on any atom is -0.365 e. The van der Waals surface area contributed by atoms with Crippen LogP contribution in [-0.4, -0.2) is 17.4 Å². The first kappa shape index (κ1) is 15.5. The van der Waals surface area contributed by atoms with Gasteiger partial charge < -0.3 is 16.4 Å². The molecule has 0 aromatic carbocycles. The first-order valence-corrected chi connectivity index (χ1v) is 8.48. The average molecular weight is 321 g/mol. The van der Waals surface area contributed by atoms with Gasteiger partial charge in [0, 0.05) is 21.9 Å². The molecule has 22 heavy (non-hydrogen) atoms. The van der Waals surface area contributed by atoms with Gasteiger partial charge in [-0.05, 0) is 52.5 Å². The summed E-state index contributed by atoms with van der Waals surface area (Å²) in [5.41, 5.74) is 6.72. The number of carbonyl (C=O) groups is 2. The lowest BCUT2D eigenvalue weighted by Crippen LogP contribution is -2.55. The van der Waals surface area contributed by atoms with Gasteiger partial charge in [0.25, 0.3) is 5.91 Å². The van der Waals surface area contributed by atoms with Crippen LogP contribution in [0.25, 0.3) is 0 Å². The highest BCUT2D eigenvalue weighted by Crippen LogP contribution is 2.45. The Kier molecular flexibility index (Phi) is 3.38. The Morgan fingerprint density at radius 3 is 2.45 bits per heavy atom. The van der Waals surface area contributed by atoms with Gasteiger partial charge in [-0.25, -0.2) is 0 Å². The van der Waals surface area contributed by atoms with E-state index in [1.807, 2.05) is 0 Å². The Bertz CT molecular complexity index is 657. The second-order valence-corrected chi connectivity index (χ2v) is 8.57. The van der Waals surface area contributed by atoms with Gasteiger partial charge in [0.15, 0.2) is 0 Å². The molecular formula is C16H23N3O2S. The van der Waals surface area contributed by atoms with E-state index in [0.29, 0.717) is 10.6 Å². The lowest BCUT2D eigenvalue weighted by atomic mass is 9.81. The van der Waals surface area contributed by atoms with Crippen molar-refractivity contribution in [3.8, 4) is 0 Å². The number of hydrogen-bond acceptors (Lipinski definition) is 4. The zero-order chi connectivity index (χ0) is 16.3. The molecule has 1 aliphatic heterocycles. The van der Waals surface area contributed by atoms with E-state index in [1.54, 1.807) is 0 Å². The predicted molar refractivity (Wildman–Crippen MR) is 88.1 cm³/mol. The van der Waals surface area contributed by atoms with Crippen LogP contribution in [0.1, 0.15) is 61.3 Å². The van der Waals surface area contributed by atoms with E-state index in [4.69, 9.17) is 5.73 Å². The monoisotopic (exact) mass is 321 g/mol. The van der Waals surface area contributed by atoms with Crippen LogP contribution >= 0.6 is 11.3 Å². The summed E-state index contributed by atoms with van der Waals surface area (Å²) in [5, 5.41) is 7.14. The van der Waals surface area contributed by atoms with E-state index < -0.39 is 5.91 Å². The largest absolute Gasteiger partial charge is 0.365 e. The number of rotatable bonds is 3. The molecule has 1 fully saturated rings. The molecule has 1 aromatic heterocycles. The van der Waals surface area contributed by atoms with Gasteiger partial charge in [0.1, 0.15) is 5.00 Å². The number of anilines is 1. The number of amides is 2. The van der Waals surface area contributed by atoms with Crippen LogP contribution in [0, 0.1) is 5.92 Å². The SMILES string of the molecule is CC1(C)Cc2c(sc(NC(=O)C3CC3)c2C(N)=O)C(C)(C)N1. The highest BCUT2D eigenvalue weighted by atomic mass is 32.1. The van der Waals surface area contributed by atoms with Crippen molar-refractivity contribution in [2.75, 3.05) is 5.32 Å². The second-order valence-electron chi connectivity index (χ2n) is 7.55. The second kappa shape index (κ2) is 4.80. The summed E-state index contributed by atoms with van der Waals surface area (Å²) in [6.07, 6.45) is 2.59. The summed E-state index contributed by atoms with van der Waals surface area (Å²) in [6, 6.07) is 0. The molecule has 5 nitrogen and oxygen atoms in total. The van der Waals surface area contributed by atoms with Crippen LogP contribution in [0.5, 0.6) is 0 Å². The molecule has 3 rings (SSSR count). The minimum atomic E-state index is -0.461. The molecule has 0 radical (unpaired) electrons. The first-order chi connectivity index (χ1) is 10.1. The van der Waals surface area contributed by atoms with Gasteiger partial charge in [-0.15, -0.1) is 11.3 Å². The van der Waals surface area contributed by atoms with Crippen molar-refractivity contribution in [1.82, 2.24) is 5.32 Å². The predicted octanol–water partition coefficient (Wildman–Crippen LogP) is 2.35. The van der Waals surface area contributed by atoms with Gasteiger partial charge in [-0.2, -0.15) is 0 Å². The maximum absolute atomic E-state index is 12.1. The zero-order valence-corrected chi connectivity index (χ0v) is 14.3. The van der Waals surface area contributed by atoms with Crippen molar-refractivity contribution in [2.45, 2.75) is 58.0 Å². The summed E-state index contributed by atoms with van der Waals surface area (Å²) in [6.45, 7) is 8.42. The van der Waals surface area contributed by atoms with Gasteiger partial charge >= 0.3 is 0 Å². The molecule has 120 valence electrons. The fraction of sp³-hybridized carbons (Fsp3) is 0.625. The number of carbonyl (C=O) groups excluding carboxylic acids is 2. The maximum atomic E-state index is 12.1. The molecule has 0 bridgehead atoms. The molecule has 2 amide bonds. The van der Waals surface area contributed by atoms with Crippen molar-refractivity contribution in [3.63, 3.8) is 0 Å². The van der Waals surface area contributed by atoms with Crippen molar-refractivity contribution in [3.05, 3.63) is 16.0 Å². The lowest BCUT2D eigenvalue weighted by Gasteiger charge is -2.42. The van der Waals surface area contributed by atoms with Crippen LogP contribution in [-0.2, 0) is 16.8 Å². The molecule has 4 N–H and O–H groups in total. The summed E-state index contributed by atoms with van der Waals surface area (Å²) in [5.74, 6) is -0.356. The minimum absolute atomic E-state index is 0.00567. The molecule has 1 aromatic rings. The van der Waals surface area contributed by atoms with E-state index in [2.05, 4.69) is 38.3 Å². The lowest BCUT2D eigenvalue weighted by molar-refractivity contribution is -0.117. The van der Waals surface area contributed by atoms with E-state index in [9.17, 15) is 9.59 Å². The van der Waals surface area contributed by atoms with Crippen molar-refractivity contribution >= 4 is 28.2 Å². The standard InChI is InChI=1S/C16H23N3O2S/c1-15(2)7-9-10(12(17)20)14(18-13(21)8-5-6-8)22-11(9)16(3,4)19-15/h8,19H,5-7H2,1-4H3,(H2,17,20)(H,18,21). The Morgan fingerprint density at radius 1 is 1.27 bits per heavy atom. The quantitative estimate of drug-likeness (QED) is 0.799. The smallest absolute Gasteiger partial charge is 0.251 e. The topological polar surface area (TPSA) is 84.2 Å². The summed E-state index contributed by atoms with van der Waals surface area (Å²) < 4.78 is 0. The zero-order valence-electron chi connectivity index (χ0n) is 13.5. The fourth-order valence-electron chi connectivity index (χ4n) is 3.44. The number of hydrogen-bond donors (Lipinski definition) is 3. The summed E-state index contributed by atoms with van der Waals surface area (Å²) >= 11 is 1.48. The van der Waals surface area contributed by atoms with Crippen molar-refractivity contribution in [1.29, 1.82) is 0 Å². The van der Waals surface area contributed by atoms with E-state index in [0.717, 1.165) is 29.7 Å².